The summed E-state index contributed by atoms with van der Waals surface area (Å²) < 4.78 is 22.9. The van der Waals surface area contributed by atoms with Gasteiger partial charge in [0.15, 0.2) is 6.61 Å². The molecule has 1 heterocycles. The lowest BCUT2D eigenvalue weighted by atomic mass is 10.3. The zero-order valence-electron chi connectivity index (χ0n) is 12.3. The van der Waals surface area contributed by atoms with Gasteiger partial charge in [0.2, 0.25) is 0 Å². The lowest BCUT2D eigenvalue weighted by Gasteiger charge is -2.07. The summed E-state index contributed by atoms with van der Waals surface area (Å²) in [7, 11) is 0. The number of carbonyl (C=O) groups excluding carboxylic acids is 3. The summed E-state index contributed by atoms with van der Waals surface area (Å²) in [6, 6.07) is 7.80. The Bertz CT molecular complexity index is 756. The number of hydrogen-bond donors (Lipinski definition) is 2. The van der Waals surface area contributed by atoms with Crippen LogP contribution in [0, 0.1) is 5.82 Å². The lowest BCUT2D eigenvalue weighted by molar-refractivity contribution is -0.143. The number of nitrogens with one attached hydrogen (secondary N) is 2. The van der Waals surface area contributed by atoms with Crippen molar-refractivity contribution in [3.63, 3.8) is 0 Å². The van der Waals surface area contributed by atoms with Gasteiger partial charge >= 0.3 is 12.0 Å². The summed E-state index contributed by atoms with van der Waals surface area (Å²) in [5.74, 6) is -1.84. The standard InChI is InChI=1S/C16H13FN2O5/c17-12-5-1-2-6-13(12)18-16(22)19-14(20)10-24-15(21)8-7-11-4-3-9-23-11/h1-9H,10H2,(H2,18,19,20,22)/b8-7+. The Hall–Kier alpha value is -3.42. The second-order valence-corrected chi connectivity index (χ2v) is 4.44. The Kier molecular flexibility index (Phi) is 5.84. The third-order valence-electron chi connectivity index (χ3n) is 2.65. The van der Waals surface area contributed by atoms with E-state index in [0.717, 1.165) is 12.1 Å². The van der Waals surface area contributed by atoms with Gasteiger partial charge in [-0.1, -0.05) is 12.1 Å². The third-order valence-corrected chi connectivity index (χ3v) is 2.65. The fourth-order valence-electron chi connectivity index (χ4n) is 1.60. The summed E-state index contributed by atoms with van der Waals surface area (Å²) in [5, 5.41) is 4.06. The molecule has 2 N–H and O–H groups in total. The molecule has 0 aliphatic heterocycles. The van der Waals surface area contributed by atoms with Gasteiger partial charge in [-0.3, -0.25) is 10.1 Å². The Morgan fingerprint density at radius 3 is 2.67 bits per heavy atom. The normalized spacial score (nSPS) is 10.4. The zero-order chi connectivity index (χ0) is 17.4. The van der Waals surface area contributed by atoms with Crippen molar-refractivity contribution in [2.45, 2.75) is 0 Å². The number of anilines is 1. The molecular weight excluding hydrogens is 319 g/mol. The summed E-state index contributed by atoms with van der Waals surface area (Å²) in [6.45, 7) is -0.661. The van der Waals surface area contributed by atoms with Gasteiger partial charge in [-0.15, -0.1) is 0 Å². The van der Waals surface area contributed by atoms with E-state index in [0.29, 0.717) is 5.76 Å². The second-order valence-electron chi connectivity index (χ2n) is 4.44. The SMILES string of the molecule is O=C(COC(=O)/C=C/c1ccco1)NC(=O)Nc1ccccc1F. The van der Waals surface area contributed by atoms with Crippen molar-refractivity contribution >= 4 is 29.7 Å². The van der Waals surface area contributed by atoms with Crippen LogP contribution in [0.5, 0.6) is 0 Å². The molecular formula is C16H13FN2O5. The van der Waals surface area contributed by atoms with Crippen LogP contribution < -0.4 is 10.6 Å². The summed E-state index contributed by atoms with van der Waals surface area (Å²) in [6.07, 6.45) is 3.88. The first-order valence-electron chi connectivity index (χ1n) is 6.78. The van der Waals surface area contributed by atoms with Gasteiger partial charge < -0.3 is 14.5 Å². The Morgan fingerprint density at radius 2 is 1.96 bits per heavy atom. The van der Waals surface area contributed by atoms with Crippen molar-refractivity contribution < 1.29 is 27.9 Å². The Morgan fingerprint density at radius 1 is 1.17 bits per heavy atom. The van der Waals surface area contributed by atoms with Crippen LogP contribution in [-0.2, 0) is 14.3 Å². The van der Waals surface area contributed by atoms with Gasteiger partial charge in [0.25, 0.3) is 5.91 Å². The molecule has 124 valence electrons. The monoisotopic (exact) mass is 332 g/mol. The fraction of sp³-hybridized carbons (Fsp3) is 0.0625. The van der Waals surface area contributed by atoms with E-state index in [9.17, 15) is 18.8 Å². The first-order chi connectivity index (χ1) is 11.5. The van der Waals surface area contributed by atoms with Crippen LogP contribution in [0.15, 0.2) is 53.2 Å². The lowest BCUT2D eigenvalue weighted by Crippen LogP contribution is -2.37. The number of amides is 3. The van der Waals surface area contributed by atoms with Crippen LogP contribution in [0.2, 0.25) is 0 Å². The number of esters is 1. The van der Waals surface area contributed by atoms with Crippen LogP contribution in [0.3, 0.4) is 0 Å². The number of benzene rings is 1. The number of para-hydroxylation sites is 1. The Balaban J connectivity index is 1.73. The predicted molar refractivity (Wildman–Crippen MR) is 82.3 cm³/mol. The van der Waals surface area contributed by atoms with E-state index in [2.05, 4.69) is 10.1 Å². The number of ether oxygens (including phenoxy) is 1. The molecule has 0 spiro atoms. The van der Waals surface area contributed by atoms with Crippen LogP contribution in [0.4, 0.5) is 14.9 Å². The van der Waals surface area contributed by atoms with E-state index in [-0.39, 0.29) is 5.69 Å². The molecule has 1 aromatic carbocycles. The number of rotatable bonds is 5. The molecule has 0 atom stereocenters. The minimum absolute atomic E-state index is 0.0822. The van der Waals surface area contributed by atoms with E-state index in [1.54, 1.807) is 12.1 Å². The maximum atomic E-state index is 13.3. The van der Waals surface area contributed by atoms with Gasteiger partial charge in [-0.25, -0.2) is 14.0 Å². The molecule has 0 aliphatic rings. The maximum absolute atomic E-state index is 13.3. The number of carbonyl (C=O) groups is 3. The van der Waals surface area contributed by atoms with E-state index in [1.165, 1.54) is 30.5 Å². The van der Waals surface area contributed by atoms with Crippen LogP contribution in [0.25, 0.3) is 6.08 Å². The Labute approximate surface area is 136 Å². The van der Waals surface area contributed by atoms with Gasteiger partial charge in [0.1, 0.15) is 11.6 Å². The predicted octanol–water partition coefficient (Wildman–Crippen LogP) is 2.32. The highest BCUT2D eigenvalue weighted by molar-refractivity contribution is 6.02. The highest BCUT2D eigenvalue weighted by Gasteiger charge is 2.11. The average molecular weight is 332 g/mol. The zero-order valence-corrected chi connectivity index (χ0v) is 12.3. The molecule has 0 radical (unpaired) electrons. The molecule has 2 aromatic rings. The largest absolute Gasteiger partial charge is 0.465 e. The average Bonchev–Trinajstić information content (AvgIpc) is 3.06. The molecule has 0 unspecified atom stereocenters. The number of urea groups is 1. The second kappa shape index (κ2) is 8.28. The van der Waals surface area contributed by atoms with E-state index < -0.39 is 30.3 Å². The molecule has 1 aromatic heterocycles. The van der Waals surface area contributed by atoms with Crippen molar-refractivity contribution in [3.8, 4) is 0 Å². The van der Waals surface area contributed by atoms with Crippen molar-refractivity contribution in [3.05, 3.63) is 60.3 Å². The highest BCUT2D eigenvalue weighted by Crippen LogP contribution is 2.11. The minimum atomic E-state index is -0.938. The molecule has 3 amide bonds. The van der Waals surface area contributed by atoms with Crippen LogP contribution in [-0.4, -0.2) is 24.5 Å². The molecule has 0 bridgehead atoms. The topological polar surface area (TPSA) is 97.6 Å². The molecule has 0 aliphatic carbocycles. The van der Waals surface area contributed by atoms with Gasteiger partial charge in [0.05, 0.1) is 12.0 Å². The molecule has 0 saturated heterocycles. The smallest absolute Gasteiger partial charge is 0.331 e. The van der Waals surface area contributed by atoms with Crippen LogP contribution in [0.1, 0.15) is 5.76 Å². The van der Waals surface area contributed by atoms with Crippen molar-refractivity contribution in [1.29, 1.82) is 0 Å². The quantitative estimate of drug-likeness (QED) is 0.647. The molecule has 8 heteroatoms. The molecule has 2 rings (SSSR count). The maximum Gasteiger partial charge on any atom is 0.331 e. The first-order valence-corrected chi connectivity index (χ1v) is 6.78. The first kappa shape index (κ1) is 16.9. The summed E-state index contributed by atoms with van der Waals surface area (Å²) in [4.78, 5) is 34.4. The van der Waals surface area contributed by atoms with Crippen LogP contribution >= 0.6 is 0 Å². The van der Waals surface area contributed by atoms with Gasteiger partial charge in [0, 0.05) is 6.08 Å². The van der Waals surface area contributed by atoms with Crippen molar-refractivity contribution in [1.82, 2.24) is 5.32 Å². The summed E-state index contributed by atoms with van der Waals surface area (Å²) >= 11 is 0. The fourth-order valence-corrected chi connectivity index (χ4v) is 1.60. The number of halogens is 1. The summed E-state index contributed by atoms with van der Waals surface area (Å²) in [5.41, 5.74) is -0.0822. The van der Waals surface area contributed by atoms with Crippen molar-refractivity contribution in [2.24, 2.45) is 0 Å². The number of furan rings is 1. The van der Waals surface area contributed by atoms with E-state index >= 15 is 0 Å². The number of hydrogen-bond acceptors (Lipinski definition) is 5. The van der Waals surface area contributed by atoms with Gasteiger partial charge in [-0.05, 0) is 30.3 Å². The van der Waals surface area contributed by atoms with Gasteiger partial charge in [-0.2, -0.15) is 0 Å². The highest BCUT2D eigenvalue weighted by atomic mass is 19.1. The molecule has 0 fully saturated rings. The third kappa shape index (κ3) is 5.41. The van der Waals surface area contributed by atoms with E-state index in [4.69, 9.17) is 4.42 Å². The van der Waals surface area contributed by atoms with E-state index in [1.807, 2.05) is 5.32 Å². The molecule has 0 saturated carbocycles. The number of imide groups is 1. The minimum Gasteiger partial charge on any atom is -0.465 e. The van der Waals surface area contributed by atoms with Crippen molar-refractivity contribution in [2.75, 3.05) is 11.9 Å². The molecule has 7 nitrogen and oxygen atoms in total. The molecule has 24 heavy (non-hydrogen) atoms.